The maximum atomic E-state index is 12.6. The van der Waals surface area contributed by atoms with Gasteiger partial charge in [0.05, 0.1) is 5.92 Å². The number of hydrogen-bond donors (Lipinski definition) is 1. The summed E-state index contributed by atoms with van der Waals surface area (Å²) in [5.41, 5.74) is 2.11. The van der Waals surface area contributed by atoms with Crippen LogP contribution in [0.4, 0.5) is 5.69 Å². The summed E-state index contributed by atoms with van der Waals surface area (Å²) in [4.78, 5) is 25.4. The van der Waals surface area contributed by atoms with Gasteiger partial charge in [-0.15, -0.1) is 0 Å². The van der Waals surface area contributed by atoms with Crippen LogP contribution in [-0.4, -0.2) is 23.5 Å². The highest BCUT2D eigenvalue weighted by molar-refractivity contribution is 6.30. The van der Waals surface area contributed by atoms with Gasteiger partial charge in [-0.05, 0) is 61.8 Å². The Balaban J connectivity index is 1.59. The average molecular weight is 322 g/mol. The number of carboxylic acid groups (broad SMARTS) is 1. The molecule has 1 saturated carbocycles. The number of halogens is 1. The number of amides is 1. The maximum absolute atomic E-state index is 12.6. The van der Waals surface area contributed by atoms with E-state index in [9.17, 15) is 9.59 Å². The smallest absolute Gasteiger partial charge is 0.306 e. The second-order valence-electron chi connectivity index (χ2n) is 6.33. The van der Waals surface area contributed by atoms with E-state index in [1.807, 2.05) is 23.1 Å². The van der Waals surface area contributed by atoms with Crippen LogP contribution >= 0.6 is 11.6 Å². The minimum Gasteiger partial charge on any atom is -0.481 e. The van der Waals surface area contributed by atoms with Gasteiger partial charge in [0, 0.05) is 23.7 Å². The van der Waals surface area contributed by atoms with Crippen molar-refractivity contribution in [1.29, 1.82) is 0 Å². The number of fused-ring (bicyclic) bond motifs is 1. The topological polar surface area (TPSA) is 57.6 Å². The fourth-order valence-corrected chi connectivity index (χ4v) is 3.79. The molecule has 0 saturated heterocycles. The molecule has 3 rings (SSSR count). The van der Waals surface area contributed by atoms with Crippen LogP contribution in [0.15, 0.2) is 18.2 Å². The van der Waals surface area contributed by atoms with Crippen molar-refractivity contribution >= 4 is 29.2 Å². The molecule has 1 aromatic rings. The molecule has 1 aliphatic heterocycles. The summed E-state index contributed by atoms with van der Waals surface area (Å²) in [7, 11) is 0. The molecule has 1 aliphatic carbocycles. The fraction of sp³-hybridized carbons (Fsp3) is 0.529. The molecular weight excluding hydrogens is 302 g/mol. The van der Waals surface area contributed by atoms with Crippen molar-refractivity contribution in [3.63, 3.8) is 0 Å². The van der Waals surface area contributed by atoms with E-state index in [-0.39, 0.29) is 11.8 Å². The molecule has 118 valence electrons. The van der Waals surface area contributed by atoms with Gasteiger partial charge in [0.15, 0.2) is 0 Å². The highest BCUT2D eigenvalue weighted by Crippen LogP contribution is 2.34. The molecule has 1 N–H and O–H groups in total. The number of rotatable bonds is 3. The number of aliphatic carboxylic acids is 1. The van der Waals surface area contributed by atoms with Crippen molar-refractivity contribution in [3.05, 3.63) is 28.8 Å². The third-order valence-corrected chi connectivity index (χ3v) is 5.13. The fourth-order valence-electron chi connectivity index (χ4n) is 3.60. The zero-order valence-corrected chi connectivity index (χ0v) is 13.2. The Kier molecular flexibility index (Phi) is 4.39. The Bertz CT molecular complexity index is 594. The molecule has 22 heavy (non-hydrogen) atoms. The molecule has 2 aliphatic rings. The zero-order valence-electron chi connectivity index (χ0n) is 12.4. The van der Waals surface area contributed by atoms with Crippen LogP contribution in [0.1, 0.15) is 37.7 Å². The van der Waals surface area contributed by atoms with Crippen molar-refractivity contribution in [3.8, 4) is 0 Å². The minimum absolute atomic E-state index is 0.153. The van der Waals surface area contributed by atoms with Gasteiger partial charge in [0.25, 0.3) is 0 Å². The lowest BCUT2D eigenvalue weighted by molar-refractivity contribution is -0.143. The number of nitrogens with zero attached hydrogens (tertiary/aromatic N) is 1. The van der Waals surface area contributed by atoms with Crippen molar-refractivity contribution < 1.29 is 14.7 Å². The van der Waals surface area contributed by atoms with E-state index >= 15 is 0 Å². The monoisotopic (exact) mass is 321 g/mol. The molecule has 0 aromatic heterocycles. The molecule has 1 aromatic carbocycles. The lowest BCUT2D eigenvalue weighted by atomic mass is 9.80. The van der Waals surface area contributed by atoms with Crippen LogP contribution in [-0.2, 0) is 16.0 Å². The average Bonchev–Trinajstić information content (AvgIpc) is 2.90. The largest absolute Gasteiger partial charge is 0.481 e. The van der Waals surface area contributed by atoms with E-state index in [1.165, 1.54) is 0 Å². The van der Waals surface area contributed by atoms with Gasteiger partial charge in [-0.2, -0.15) is 0 Å². The Morgan fingerprint density at radius 1 is 1.23 bits per heavy atom. The molecule has 5 heteroatoms. The van der Waals surface area contributed by atoms with Gasteiger partial charge in [-0.1, -0.05) is 11.6 Å². The van der Waals surface area contributed by atoms with E-state index in [0.29, 0.717) is 30.2 Å². The predicted molar refractivity (Wildman–Crippen MR) is 85.2 cm³/mol. The van der Waals surface area contributed by atoms with Gasteiger partial charge >= 0.3 is 5.97 Å². The number of carboxylic acids is 1. The molecule has 0 spiro atoms. The van der Waals surface area contributed by atoms with E-state index in [1.54, 1.807) is 0 Å². The first-order valence-electron chi connectivity index (χ1n) is 7.86. The summed E-state index contributed by atoms with van der Waals surface area (Å²) in [6.07, 6.45) is 4.44. The number of benzene rings is 1. The Morgan fingerprint density at radius 3 is 2.64 bits per heavy atom. The van der Waals surface area contributed by atoms with Crippen molar-refractivity contribution in [2.24, 2.45) is 11.8 Å². The molecule has 0 unspecified atom stereocenters. The summed E-state index contributed by atoms with van der Waals surface area (Å²) in [5, 5.41) is 9.73. The van der Waals surface area contributed by atoms with Crippen LogP contribution < -0.4 is 4.90 Å². The van der Waals surface area contributed by atoms with Gasteiger partial charge in [0.1, 0.15) is 0 Å². The van der Waals surface area contributed by atoms with Crippen molar-refractivity contribution in [2.45, 2.75) is 38.5 Å². The molecule has 0 atom stereocenters. The van der Waals surface area contributed by atoms with E-state index in [2.05, 4.69) is 0 Å². The van der Waals surface area contributed by atoms with E-state index in [0.717, 1.165) is 37.1 Å². The highest BCUT2D eigenvalue weighted by atomic mass is 35.5. The van der Waals surface area contributed by atoms with Crippen molar-refractivity contribution in [2.75, 3.05) is 11.4 Å². The highest BCUT2D eigenvalue weighted by Gasteiger charge is 2.30. The second-order valence-corrected chi connectivity index (χ2v) is 6.76. The molecule has 0 radical (unpaired) electrons. The van der Waals surface area contributed by atoms with E-state index < -0.39 is 5.97 Å². The van der Waals surface area contributed by atoms with Crippen LogP contribution in [0, 0.1) is 11.8 Å². The van der Waals surface area contributed by atoms with Gasteiger partial charge in [-0.25, -0.2) is 0 Å². The first-order valence-corrected chi connectivity index (χ1v) is 8.24. The Hall–Kier alpha value is -1.55. The Labute approximate surface area is 135 Å². The van der Waals surface area contributed by atoms with Crippen LogP contribution in [0.3, 0.4) is 0 Å². The third kappa shape index (κ3) is 3.12. The molecule has 4 nitrogen and oxygen atoms in total. The van der Waals surface area contributed by atoms with Crippen molar-refractivity contribution in [1.82, 2.24) is 0 Å². The minimum atomic E-state index is -0.699. The maximum Gasteiger partial charge on any atom is 0.306 e. The second kappa shape index (κ2) is 6.29. The summed E-state index contributed by atoms with van der Waals surface area (Å²) in [6, 6.07) is 5.68. The Morgan fingerprint density at radius 2 is 1.95 bits per heavy atom. The lowest BCUT2D eigenvalue weighted by Gasteiger charge is -2.27. The van der Waals surface area contributed by atoms with Crippen LogP contribution in [0.2, 0.25) is 5.02 Å². The molecule has 1 fully saturated rings. The lowest BCUT2D eigenvalue weighted by Crippen LogP contribution is -2.32. The number of carbonyl (C=O) groups is 2. The molecule has 1 amide bonds. The number of hydrogen-bond acceptors (Lipinski definition) is 2. The molecular formula is C17H20ClNO3. The summed E-state index contributed by atoms with van der Waals surface area (Å²) in [5.74, 6) is -0.449. The van der Waals surface area contributed by atoms with Gasteiger partial charge in [0.2, 0.25) is 5.91 Å². The van der Waals surface area contributed by atoms with Crippen LogP contribution in [0.5, 0.6) is 0 Å². The zero-order chi connectivity index (χ0) is 15.7. The first-order chi connectivity index (χ1) is 10.5. The van der Waals surface area contributed by atoms with Crippen LogP contribution in [0.25, 0.3) is 0 Å². The standard InChI is InChI=1S/C17H20ClNO3/c18-14-5-6-15-13(10-14)7-8-19(15)16(20)9-11-1-3-12(4-2-11)17(21)22/h5-6,10-12H,1-4,7-9H2,(H,21,22). The quantitative estimate of drug-likeness (QED) is 0.926. The van der Waals surface area contributed by atoms with Gasteiger partial charge < -0.3 is 10.0 Å². The third-order valence-electron chi connectivity index (χ3n) is 4.90. The first kappa shape index (κ1) is 15.3. The summed E-state index contributed by atoms with van der Waals surface area (Å²) >= 11 is 5.99. The van der Waals surface area contributed by atoms with E-state index in [4.69, 9.17) is 16.7 Å². The summed E-state index contributed by atoms with van der Waals surface area (Å²) < 4.78 is 0. The molecule has 0 bridgehead atoms. The SMILES string of the molecule is O=C(O)C1CCC(CC(=O)N2CCc3cc(Cl)ccc32)CC1. The molecule has 1 heterocycles. The number of anilines is 1. The number of carbonyl (C=O) groups excluding carboxylic acids is 1. The van der Waals surface area contributed by atoms with Gasteiger partial charge in [-0.3, -0.25) is 9.59 Å². The normalized spacial score (nSPS) is 24.1. The summed E-state index contributed by atoms with van der Waals surface area (Å²) in [6.45, 7) is 0.721. The predicted octanol–water partition coefficient (Wildman–Crippen LogP) is 3.51.